The van der Waals surface area contributed by atoms with Crippen molar-refractivity contribution in [1.29, 1.82) is 0 Å². The Bertz CT molecular complexity index is 690. The van der Waals surface area contributed by atoms with Crippen molar-refractivity contribution >= 4 is 17.7 Å². The zero-order valence-corrected chi connectivity index (χ0v) is 14.4. The highest BCUT2D eigenvalue weighted by Gasteiger charge is 2.39. The summed E-state index contributed by atoms with van der Waals surface area (Å²) < 4.78 is 0. The van der Waals surface area contributed by atoms with E-state index < -0.39 is 6.04 Å². The Morgan fingerprint density at radius 3 is 2.50 bits per heavy atom. The summed E-state index contributed by atoms with van der Waals surface area (Å²) in [5.41, 5.74) is 4.47. The molecule has 128 valence electrons. The lowest BCUT2D eigenvalue weighted by atomic mass is 9.96. The number of carbonyl (C=O) groups is 3. The molecule has 0 saturated carbocycles. The van der Waals surface area contributed by atoms with E-state index in [2.05, 4.69) is 17.4 Å². The van der Waals surface area contributed by atoms with Crippen molar-refractivity contribution in [3.8, 4) is 0 Å². The van der Waals surface area contributed by atoms with Gasteiger partial charge in [-0.25, -0.2) is 0 Å². The number of benzene rings is 1. The Hall–Kier alpha value is -2.37. The topological polar surface area (TPSA) is 69.7 Å². The first-order valence-electron chi connectivity index (χ1n) is 8.28. The van der Waals surface area contributed by atoms with Crippen LogP contribution in [0.3, 0.4) is 0 Å². The third kappa shape index (κ3) is 3.00. The van der Waals surface area contributed by atoms with Crippen molar-refractivity contribution in [1.82, 2.24) is 15.1 Å². The zero-order valence-electron chi connectivity index (χ0n) is 14.4. The number of piperazine rings is 2. The summed E-state index contributed by atoms with van der Waals surface area (Å²) in [5.74, 6) is -0.234. The van der Waals surface area contributed by atoms with Crippen LogP contribution in [0.5, 0.6) is 0 Å². The molecule has 24 heavy (non-hydrogen) atoms. The maximum atomic E-state index is 12.7. The number of aryl methyl sites for hydroxylation is 3. The molecule has 6 heteroatoms. The summed E-state index contributed by atoms with van der Waals surface area (Å²) in [6.45, 7) is 7.34. The molecule has 3 amide bonds. The van der Waals surface area contributed by atoms with Crippen LogP contribution in [-0.4, -0.2) is 59.7 Å². The minimum absolute atomic E-state index is 0.00975. The molecule has 0 bridgehead atoms. The number of nitrogens with one attached hydrogen (secondary N) is 1. The Balaban J connectivity index is 1.73. The number of fused-ring (bicyclic) bond motifs is 1. The van der Waals surface area contributed by atoms with Gasteiger partial charge in [0.1, 0.15) is 6.04 Å². The van der Waals surface area contributed by atoms with E-state index in [0.717, 1.165) is 16.7 Å². The molecule has 2 heterocycles. The van der Waals surface area contributed by atoms with E-state index >= 15 is 0 Å². The van der Waals surface area contributed by atoms with Gasteiger partial charge < -0.3 is 15.1 Å². The van der Waals surface area contributed by atoms with Crippen molar-refractivity contribution in [2.75, 3.05) is 26.2 Å². The molecule has 2 fully saturated rings. The molecular formula is C18H23N3O3. The Morgan fingerprint density at radius 2 is 1.83 bits per heavy atom. The Labute approximate surface area is 141 Å². The fraction of sp³-hybridized carbons (Fsp3) is 0.500. The lowest BCUT2D eigenvalue weighted by Crippen LogP contribution is -2.66. The first kappa shape index (κ1) is 16.5. The highest BCUT2D eigenvalue weighted by atomic mass is 16.2. The predicted octanol–water partition coefficient (Wildman–Crippen LogP) is 0.324. The van der Waals surface area contributed by atoms with Crippen molar-refractivity contribution in [3.63, 3.8) is 0 Å². The highest BCUT2D eigenvalue weighted by Crippen LogP contribution is 2.19. The van der Waals surface area contributed by atoms with Gasteiger partial charge in [-0.15, -0.1) is 0 Å². The minimum atomic E-state index is -0.552. The molecule has 2 aliphatic rings. The van der Waals surface area contributed by atoms with Crippen molar-refractivity contribution < 1.29 is 14.4 Å². The molecule has 1 unspecified atom stereocenters. The maximum Gasteiger partial charge on any atom is 0.245 e. The second-order valence-corrected chi connectivity index (χ2v) is 6.71. The summed E-state index contributed by atoms with van der Waals surface area (Å²) in [4.78, 5) is 39.9. The smallest absolute Gasteiger partial charge is 0.245 e. The minimum Gasteiger partial charge on any atom is -0.345 e. The van der Waals surface area contributed by atoms with Crippen LogP contribution in [0.2, 0.25) is 0 Å². The third-order valence-corrected chi connectivity index (χ3v) is 4.94. The molecule has 0 aliphatic carbocycles. The second-order valence-electron chi connectivity index (χ2n) is 6.71. The molecule has 2 aliphatic heterocycles. The average Bonchev–Trinajstić information content (AvgIpc) is 2.54. The Kier molecular flexibility index (Phi) is 4.30. The van der Waals surface area contributed by atoms with Gasteiger partial charge in [0.15, 0.2) is 0 Å². The van der Waals surface area contributed by atoms with Gasteiger partial charge in [-0.3, -0.25) is 14.4 Å². The van der Waals surface area contributed by atoms with E-state index in [-0.39, 0.29) is 30.8 Å². The standard InChI is InChI=1S/C18H23N3O3/c1-11-6-12(2)14(13(3)7-11)8-16(22)20-4-5-21-15(10-20)18(24)19-9-17(21)23/h6-7,15H,4-5,8-10H2,1-3H3,(H,19,24). The SMILES string of the molecule is Cc1cc(C)c(CC(=O)N2CCN3C(=O)CNC(=O)C3C2)c(C)c1. The average molecular weight is 329 g/mol. The second kappa shape index (κ2) is 6.26. The van der Waals surface area contributed by atoms with E-state index in [1.165, 1.54) is 5.56 Å². The summed E-state index contributed by atoms with van der Waals surface area (Å²) in [7, 11) is 0. The van der Waals surface area contributed by atoms with Crippen LogP contribution >= 0.6 is 0 Å². The van der Waals surface area contributed by atoms with Crippen molar-refractivity contribution in [3.05, 3.63) is 34.4 Å². The van der Waals surface area contributed by atoms with E-state index in [9.17, 15) is 14.4 Å². The molecular weight excluding hydrogens is 306 g/mol. The number of amides is 3. The fourth-order valence-electron chi connectivity index (χ4n) is 3.67. The number of rotatable bonds is 2. The molecule has 0 radical (unpaired) electrons. The van der Waals surface area contributed by atoms with Gasteiger partial charge in [0, 0.05) is 13.1 Å². The highest BCUT2D eigenvalue weighted by molar-refractivity contribution is 5.95. The van der Waals surface area contributed by atoms with Crippen LogP contribution < -0.4 is 5.32 Å². The van der Waals surface area contributed by atoms with Gasteiger partial charge in [0.05, 0.1) is 19.5 Å². The first-order chi connectivity index (χ1) is 11.4. The third-order valence-electron chi connectivity index (χ3n) is 4.94. The van der Waals surface area contributed by atoms with Crippen LogP contribution in [0.25, 0.3) is 0 Å². The van der Waals surface area contributed by atoms with Gasteiger partial charge in [0.2, 0.25) is 17.7 Å². The summed E-state index contributed by atoms with van der Waals surface area (Å²) in [6, 6.07) is 3.62. The van der Waals surface area contributed by atoms with E-state index in [1.807, 2.05) is 20.8 Å². The van der Waals surface area contributed by atoms with Crippen molar-refractivity contribution in [2.45, 2.75) is 33.2 Å². The normalized spacial score (nSPS) is 20.7. The van der Waals surface area contributed by atoms with Crippen LogP contribution in [0.1, 0.15) is 22.3 Å². The van der Waals surface area contributed by atoms with Gasteiger partial charge in [-0.05, 0) is 37.5 Å². The molecule has 3 rings (SSSR count). The largest absolute Gasteiger partial charge is 0.345 e. The predicted molar refractivity (Wildman–Crippen MR) is 89.4 cm³/mol. The molecule has 2 saturated heterocycles. The number of hydrogen-bond acceptors (Lipinski definition) is 3. The maximum absolute atomic E-state index is 12.7. The van der Waals surface area contributed by atoms with Crippen LogP contribution in [0, 0.1) is 20.8 Å². The molecule has 1 aromatic carbocycles. The molecule has 6 nitrogen and oxygen atoms in total. The first-order valence-corrected chi connectivity index (χ1v) is 8.28. The quantitative estimate of drug-likeness (QED) is 0.850. The molecule has 0 aromatic heterocycles. The molecule has 0 spiro atoms. The summed E-state index contributed by atoms with van der Waals surface area (Å²) in [6.07, 6.45) is 0.334. The van der Waals surface area contributed by atoms with E-state index in [0.29, 0.717) is 19.5 Å². The summed E-state index contributed by atoms with van der Waals surface area (Å²) >= 11 is 0. The molecule has 1 N–H and O–H groups in total. The molecule has 1 atom stereocenters. The van der Waals surface area contributed by atoms with E-state index in [4.69, 9.17) is 0 Å². The fourth-order valence-corrected chi connectivity index (χ4v) is 3.67. The van der Waals surface area contributed by atoms with Crippen molar-refractivity contribution in [2.24, 2.45) is 0 Å². The number of nitrogens with zero attached hydrogens (tertiary/aromatic N) is 2. The number of carbonyl (C=O) groups excluding carboxylic acids is 3. The van der Waals surface area contributed by atoms with Crippen LogP contribution in [0.4, 0.5) is 0 Å². The lowest BCUT2D eigenvalue weighted by molar-refractivity contribution is -0.152. The molecule has 1 aromatic rings. The monoisotopic (exact) mass is 329 g/mol. The van der Waals surface area contributed by atoms with Gasteiger partial charge in [-0.2, -0.15) is 0 Å². The Morgan fingerprint density at radius 1 is 1.17 bits per heavy atom. The van der Waals surface area contributed by atoms with Gasteiger partial charge in [0.25, 0.3) is 0 Å². The lowest BCUT2D eigenvalue weighted by Gasteiger charge is -2.43. The zero-order chi connectivity index (χ0) is 17.4. The van der Waals surface area contributed by atoms with Gasteiger partial charge >= 0.3 is 0 Å². The number of hydrogen-bond donors (Lipinski definition) is 1. The summed E-state index contributed by atoms with van der Waals surface area (Å²) in [5, 5.41) is 2.60. The van der Waals surface area contributed by atoms with Gasteiger partial charge in [-0.1, -0.05) is 17.7 Å². The van der Waals surface area contributed by atoms with Crippen LogP contribution in [-0.2, 0) is 20.8 Å². The van der Waals surface area contributed by atoms with Crippen LogP contribution in [0.15, 0.2) is 12.1 Å². The van der Waals surface area contributed by atoms with E-state index in [1.54, 1.807) is 9.80 Å².